The summed E-state index contributed by atoms with van der Waals surface area (Å²) in [5.41, 5.74) is 11.8. The molecule has 0 bridgehead atoms. The fourth-order valence-corrected chi connectivity index (χ4v) is 3.24. The fourth-order valence-electron chi connectivity index (χ4n) is 1.71. The first-order chi connectivity index (χ1) is 10.8. The number of carbonyl (C=O) groups is 1. The van der Waals surface area contributed by atoms with E-state index in [0.29, 0.717) is 6.42 Å². The quantitative estimate of drug-likeness (QED) is 0.138. The summed E-state index contributed by atoms with van der Waals surface area (Å²) in [5, 5.41) is 8.98. The maximum absolute atomic E-state index is 12.3. The number of carbonyl (C=O) groups excluding carboxylic acids is 1. The highest BCUT2D eigenvalue weighted by Gasteiger charge is 2.25. The molecule has 0 radical (unpaired) electrons. The maximum Gasteiger partial charge on any atom is 0.261 e. The summed E-state index contributed by atoms with van der Waals surface area (Å²) in [6.45, 7) is 0.219. The van der Waals surface area contributed by atoms with Crippen molar-refractivity contribution in [2.24, 2.45) is 16.5 Å². The average molecular weight is 364 g/mol. The minimum absolute atomic E-state index is 0.0863. The van der Waals surface area contributed by atoms with Crippen molar-refractivity contribution < 1.29 is 18.4 Å². The van der Waals surface area contributed by atoms with E-state index >= 15 is 0 Å². The molecule has 0 aliphatic heterocycles. The van der Waals surface area contributed by atoms with E-state index in [4.69, 9.17) is 28.3 Å². The summed E-state index contributed by atoms with van der Waals surface area (Å²) in [4.78, 5) is 15.3. The van der Waals surface area contributed by atoms with Gasteiger partial charge in [0, 0.05) is 11.6 Å². The largest absolute Gasteiger partial charge is 0.370 e. The second-order valence-corrected chi connectivity index (χ2v) is 6.71. The van der Waals surface area contributed by atoms with Crippen LogP contribution >= 0.6 is 11.6 Å². The van der Waals surface area contributed by atoms with Crippen LogP contribution in [0.1, 0.15) is 12.8 Å². The van der Waals surface area contributed by atoms with E-state index in [9.17, 15) is 13.2 Å². The molecule has 0 saturated heterocycles. The molecule has 1 aromatic carbocycles. The summed E-state index contributed by atoms with van der Waals surface area (Å²) in [7, 11) is -3.98. The molecule has 9 nitrogen and oxygen atoms in total. The molecule has 0 aromatic heterocycles. The van der Waals surface area contributed by atoms with E-state index < -0.39 is 22.0 Å². The molecular formula is C12H18ClN5O4S. The first kappa shape index (κ1) is 19.2. The molecule has 1 unspecified atom stereocenters. The lowest BCUT2D eigenvalue weighted by Gasteiger charge is -2.16. The zero-order valence-electron chi connectivity index (χ0n) is 12.1. The van der Waals surface area contributed by atoms with Crippen LogP contribution in [0.15, 0.2) is 34.2 Å². The molecule has 7 N–H and O–H groups in total. The second-order valence-electron chi connectivity index (χ2n) is 4.56. The third-order valence-corrected chi connectivity index (χ3v) is 4.48. The highest BCUT2D eigenvalue weighted by molar-refractivity contribution is 7.89. The van der Waals surface area contributed by atoms with Crippen LogP contribution in [0, 0.1) is 0 Å². The number of hydrogen-bond donors (Lipinski definition) is 5. The highest BCUT2D eigenvalue weighted by Crippen LogP contribution is 2.16. The van der Waals surface area contributed by atoms with Crippen LogP contribution in [0.4, 0.5) is 0 Å². The van der Waals surface area contributed by atoms with Crippen molar-refractivity contribution in [2.75, 3.05) is 6.54 Å². The number of guanidine groups is 1. The second kappa shape index (κ2) is 8.67. The molecule has 0 aliphatic carbocycles. The molecule has 1 atom stereocenters. The Morgan fingerprint density at radius 1 is 1.39 bits per heavy atom. The van der Waals surface area contributed by atoms with E-state index in [1.54, 1.807) is 0 Å². The first-order valence-corrected chi connectivity index (χ1v) is 8.39. The van der Waals surface area contributed by atoms with Gasteiger partial charge < -0.3 is 11.5 Å². The standard InChI is InChI=1S/C12H18ClN5O4S/c13-8-3-1-4-9(7-8)23(21,22)18-10(11(19)17-20)5-2-6-16-12(14)15/h1,3-4,7,10,18,20H,2,5-6H2,(H,17,19)(H4,14,15,16). The predicted octanol–water partition coefficient (Wildman–Crippen LogP) is -0.454. The van der Waals surface area contributed by atoms with Crippen LogP contribution in [-0.2, 0) is 14.8 Å². The lowest BCUT2D eigenvalue weighted by atomic mass is 10.1. The van der Waals surface area contributed by atoms with Crippen LogP contribution in [0.2, 0.25) is 5.02 Å². The molecule has 1 rings (SSSR count). The van der Waals surface area contributed by atoms with Gasteiger partial charge in [0.05, 0.1) is 4.90 Å². The molecule has 0 aliphatic rings. The van der Waals surface area contributed by atoms with Gasteiger partial charge in [-0.15, -0.1) is 0 Å². The number of hydroxylamine groups is 1. The van der Waals surface area contributed by atoms with Crippen molar-refractivity contribution in [1.29, 1.82) is 0 Å². The zero-order chi connectivity index (χ0) is 17.5. The Kier molecular flexibility index (Phi) is 7.23. The normalized spacial score (nSPS) is 12.4. The summed E-state index contributed by atoms with van der Waals surface area (Å²) in [5.74, 6) is -0.993. The van der Waals surface area contributed by atoms with Crippen LogP contribution < -0.4 is 21.7 Å². The van der Waals surface area contributed by atoms with E-state index in [0.717, 1.165) is 0 Å². The van der Waals surface area contributed by atoms with Crippen LogP contribution in [0.3, 0.4) is 0 Å². The summed E-state index contributed by atoms with van der Waals surface area (Å²) < 4.78 is 26.7. The number of rotatable bonds is 8. The minimum atomic E-state index is -3.98. The smallest absolute Gasteiger partial charge is 0.261 e. The van der Waals surface area contributed by atoms with Gasteiger partial charge in [-0.3, -0.25) is 15.0 Å². The number of aliphatic imine (C=N–C) groups is 1. The topological polar surface area (TPSA) is 160 Å². The molecule has 0 spiro atoms. The summed E-state index contributed by atoms with van der Waals surface area (Å²) in [6.07, 6.45) is 0.414. The highest BCUT2D eigenvalue weighted by atomic mass is 35.5. The number of hydrogen-bond acceptors (Lipinski definition) is 5. The van der Waals surface area contributed by atoms with Gasteiger partial charge in [-0.1, -0.05) is 17.7 Å². The maximum atomic E-state index is 12.3. The Labute approximate surface area is 138 Å². The van der Waals surface area contributed by atoms with Gasteiger partial charge in [-0.2, -0.15) is 4.72 Å². The number of halogens is 1. The van der Waals surface area contributed by atoms with Crippen molar-refractivity contribution in [2.45, 2.75) is 23.8 Å². The zero-order valence-corrected chi connectivity index (χ0v) is 13.6. The Hall–Kier alpha value is -1.88. The third kappa shape index (κ3) is 6.40. The van der Waals surface area contributed by atoms with Gasteiger partial charge >= 0.3 is 0 Å². The monoisotopic (exact) mass is 363 g/mol. The van der Waals surface area contributed by atoms with E-state index in [-0.39, 0.29) is 28.8 Å². The number of nitrogens with one attached hydrogen (secondary N) is 2. The van der Waals surface area contributed by atoms with Crippen molar-refractivity contribution in [1.82, 2.24) is 10.2 Å². The van der Waals surface area contributed by atoms with Gasteiger partial charge in [0.2, 0.25) is 10.0 Å². The van der Waals surface area contributed by atoms with Gasteiger partial charge in [0.1, 0.15) is 6.04 Å². The summed E-state index contributed by atoms with van der Waals surface area (Å²) >= 11 is 5.76. The van der Waals surface area contributed by atoms with Gasteiger partial charge in [0.25, 0.3) is 5.91 Å². The molecule has 11 heteroatoms. The van der Waals surface area contributed by atoms with Crippen molar-refractivity contribution in [3.05, 3.63) is 29.3 Å². The number of amides is 1. The van der Waals surface area contributed by atoms with Gasteiger partial charge in [0.15, 0.2) is 5.96 Å². The SMILES string of the molecule is NC(N)=NCCCC(NS(=O)(=O)c1cccc(Cl)c1)C(=O)NO. The Morgan fingerprint density at radius 2 is 2.09 bits per heavy atom. The van der Waals surface area contributed by atoms with Crippen LogP contribution in [0.25, 0.3) is 0 Å². The number of nitrogens with two attached hydrogens (primary N) is 2. The summed E-state index contributed by atoms with van der Waals surface area (Å²) in [6, 6.07) is 4.39. The number of sulfonamides is 1. The lowest BCUT2D eigenvalue weighted by Crippen LogP contribution is -2.45. The predicted molar refractivity (Wildman–Crippen MR) is 85.4 cm³/mol. The van der Waals surface area contributed by atoms with Crippen molar-refractivity contribution in [3.8, 4) is 0 Å². The van der Waals surface area contributed by atoms with Gasteiger partial charge in [-0.25, -0.2) is 13.9 Å². The molecular weight excluding hydrogens is 346 g/mol. The third-order valence-electron chi connectivity index (χ3n) is 2.78. The first-order valence-electron chi connectivity index (χ1n) is 6.53. The Bertz CT molecular complexity index is 676. The number of benzene rings is 1. The van der Waals surface area contributed by atoms with Crippen LogP contribution in [-0.4, -0.2) is 38.1 Å². The van der Waals surface area contributed by atoms with Crippen molar-refractivity contribution in [3.63, 3.8) is 0 Å². The van der Waals surface area contributed by atoms with E-state index in [1.807, 2.05) is 0 Å². The Balaban J connectivity index is 2.83. The molecule has 128 valence electrons. The molecule has 0 fully saturated rings. The molecule has 23 heavy (non-hydrogen) atoms. The number of nitrogens with zero attached hydrogens (tertiary/aromatic N) is 1. The molecule has 0 heterocycles. The van der Waals surface area contributed by atoms with Crippen LogP contribution in [0.5, 0.6) is 0 Å². The molecule has 1 aromatic rings. The van der Waals surface area contributed by atoms with Crippen molar-refractivity contribution >= 4 is 33.5 Å². The average Bonchev–Trinajstić information content (AvgIpc) is 2.49. The minimum Gasteiger partial charge on any atom is -0.370 e. The molecule has 1 amide bonds. The van der Waals surface area contributed by atoms with Gasteiger partial charge in [-0.05, 0) is 31.0 Å². The molecule has 0 saturated carbocycles. The lowest BCUT2D eigenvalue weighted by molar-refractivity contribution is -0.131. The Morgan fingerprint density at radius 3 is 2.65 bits per heavy atom. The van der Waals surface area contributed by atoms with E-state index in [1.165, 1.54) is 29.7 Å². The van der Waals surface area contributed by atoms with E-state index in [2.05, 4.69) is 9.71 Å². The fraction of sp³-hybridized carbons (Fsp3) is 0.333.